The van der Waals surface area contributed by atoms with Gasteiger partial charge in [0.1, 0.15) is 0 Å². The first kappa shape index (κ1) is 11.4. The quantitative estimate of drug-likeness (QED) is 0.503. The van der Waals surface area contributed by atoms with Gasteiger partial charge in [-0.2, -0.15) is 0 Å². The lowest BCUT2D eigenvalue weighted by atomic mass is 10.0. The molecular weight excluding hydrogens is 154 g/mol. The molecule has 0 bridgehead atoms. The summed E-state index contributed by atoms with van der Waals surface area (Å²) in [5, 5.41) is 2.72. The van der Waals surface area contributed by atoms with Gasteiger partial charge in [0.05, 0.1) is 5.92 Å². The summed E-state index contributed by atoms with van der Waals surface area (Å²) in [6, 6.07) is 0. The van der Waals surface area contributed by atoms with E-state index in [2.05, 4.69) is 5.32 Å². The maximum Gasteiger partial charge on any atom is 0.224 e. The SMILES string of the molecule is CCCC(CN)C(=O)NCCN. The molecule has 5 N–H and O–H groups in total. The zero-order valence-electron chi connectivity index (χ0n) is 7.68. The topological polar surface area (TPSA) is 81.1 Å². The Labute approximate surface area is 73.7 Å². The number of nitrogens with one attached hydrogen (secondary N) is 1. The summed E-state index contributed by atoms with van der Waals surface area (Å²) in [5.74, 6) is -0.00801. The molecule has 0 fully saturated rings. The maximum absolute atomic E-state index is 11.3. The molecular formula is C8H19N3O. The number of rotatable bonds is 6. The first-order valence-electron chi connectivity index (χ1n) is 4.44. The van der Waals surface area contributed by atoms with Gasteiger partial charge >= 0.3 is 0 Å². The van der Waals surface area contributed by atoms with Crippen molar-refractivity contribution in [3.8, 4) is 0 Å². The summed E-state index contributed by atoms with van der Waals surface area (Å²) in [7, 11) is 0. The molecule has 0 aliphatic heterocycles. The molecule has 0 saturated heterocycles. The standard InChI is InChI=1S/C8H19N3O/c1-2-3-7(6-10)8(12)11-5-4-9/h7H,2-6,9-10H2,1H3,(H,11,12). The van der Waals surface area contributed by atoms with E-state index in [0.717, 1.165) is 12.8 Å². The monoisotopic (exact) mass is 173 g/mol. The van der Waals surface area contributed by atoms with Crippen molar-refractivity contribution in [1.82, 2.24) is 5.32 Å². The number of hydrogen-bond donors (Lipinski definition) is 3. The van der Waals surface area contributed by atoms with Crippen molar-refractivity contribution in [2.75, 3.05) is 19.6 Å². The van der Waals surface area contributed by atoms with Crippen LogP contribution in [0, 0.1) is 5.92 Å². The fourth-order valence-electron chi connectivity index (χ4n) is 1.04. The third-order valence-electron chi connectivity index (χ3n) is 1.74. The second-order valence-electron chi connectivity index (χ2n) is 2.80. The highest BCUT2D eigenvalue weighted by molar-refractivity contribution is 5.78. The lowest BCUT2D eigenvalue weighted by Gasteiger charge is -2.12. The smallest absolute Gasteiger partial charge is 0.224 e. The minimum Gasteiger partial charge on any atom is -0.355 e. The van der Waals surface area contributed by atoms with Crippen LogP contribution in [0.1, 0.15) is 19.8 Å². The Morgan fingerprint density at radius 3 is 2.58 bits per heavy atom. The maximum atomic E-state index is 11.3. The first-order chi connectivity index (χ1) is 5.76. The van der Waals surface area contributed by atoms with Crippen molar-refractivity contribution in [2.45, 2.75) is 19.8 Å². The summed E-state index contributed by atoms with van der Waals surface area (Å²) in [5.41, 5.74) is 10.7. The van der Waals surface area contributed by atoms with Gasteiger partial charge in [0.15, 0.2) is 0 Å². The first-order valence-corrected chi connectivity index (χ1v) is 4.44. The molecule has 0 aliphatic carbocycles. The van der Waals surface area contributed by atoms with Crippen molar-refractivity contribution < 1.29 is 4.79 Å². The number of hydrogen-bond acceptors (Lipinski definition) is 3. The van der Waals surface area contributed by atoms with Crippen LogP contribution in [-0.2, 0) is 4.79 Å². The molecule has 1 atom stereocenters. The summed E-state index contributed by atoms with van der Waals surface area (Å²) < 4.78 is 0. The molecule has 4 heteroatoms. The van der Waals surface area contributed by atoms with E-state index in [1.54, 1.807) is 0 Å². The third-order valence-corrected chi connectivity index (χ3v) is 1.74. The van der Waals surface area contributed by atoms with Crippen LogP contribution in [0.25, 0.3) is 0 Å². The van der Waals surface area contributed by atoms with E-state index in [1.807, 2.05) is 6.92 Å². The van der Waals surface area contributed by atoms with Gasteiger partial charge in [-0.3, -0.25) is 4.79 Å². The molecule has 0 aromatic carbocycles. The molecule has 4 nitrogen and oxygen atoms in total. The lowest BCUT2D eigenvalue weighted by molar-refractivity contribution is -0.124. The molecule has 0 spiro atoms. The van der Waals surface area contributed by atoms with E-state index in [-0.39, 0.29) is 11.8 Å². The van der Waals surface area contributed by atoms with Crippen LogP contribution in [0.2, 0.25) is 0 Å². The highest BCUT2D eigenvalue weighted by Crippen LogP contribution is 2.03. The summed E-state index contributed by atoms with van der Waals surface area (Å²) in [6.45, 7) is 3.48. The Morgan fingerprint density at radius 2 is 2.17 bits per heavy atom. The van der Waals surface area contributed by atoms with Gasteiger partial charge in [-0.1, -0.05) is 13.3 Å². The van der Waals surface area contributed by atoms with Crippen LogP contribution in [0.15, 0.2) is 0 Å². The Bertz CT molecular complexity index is 127. The van der Waals surface area contributed by atoms with Gasteiger partial charge in [0.2, 0.25) is 5.91 Å². The fraction of sp³-hybridized carbons (Fsp3) is 0.875. The zero-order valence-corrected chi connectivity index (χ0v) is 7.68. The van der Waals surface area contributed by atoms with Crippen LogP contribution < -0.4 is 16.8 Å². The molecule has 0 rings (SSSR count). The molecule has 12 heavy (non-hydrogen) atoms. The minimum absolute atomic E-state index is 0.0322. The number of carbonyl (C=O) groups is 1. The van der Waals surface area contributed by atoms with Crippen molar-refractivity contribution in [1.29, 1.82) is 0 Å². The minimum atomic E-state index is -0.0402. The van der Waals surface area contributed by atoms with Crippen molar-refractivity contribution in [3.05, 3.63) is 0 Å². The van der Waals surface area contributed by atoms with E-state index < -0.39 is 0 Å². The second kappa shape index (κ2) is 7.06. The van der Waals surface area contributed by atoms with Crippen LogP contribution >= 0.6 is 0 Å². The van der Waals surface area contributed by atoms with Crippen molar-refractivity contribution in [2.24, 2.45) is 17.4 Å². The molecule has 0 saturated carbocycles. The molecule has 1 unspecified atom stereocenters. The lowest BCUT2D eigenvalue weighted by Crippen LogP contribution is -2.37. The van der Waals surface area contributed by atoms with Crippen LogP contribution in [-0.4, -0.2) is 25.5 Å². The summed E-state index contributed by atoms with van der Waals surface area (Å²) >= 11 is 0. The van der Waals surface area contributed by atoms with Gasteiger partial charge in [-0.05, 0) is 6.42 Å². The predicted molar refractivity (Wildman–Crippen MR) is 49.5 cm³/mol. The molecule has 0 heterocycles. The third kappa shape index (κ3) is 4.31. The predicted octanol–water partition coefficient (Wildman–Crippen LogP) is -0.564. The molecule has 1 amide bonds. The van der Waals surface area contributed by atoms with E-state index in [9.17, 15) is 4.79 Å². The highest BCUT2D eigenvalue weighted by Gasteiger charge is 2.14. The Hall–Kier alpha value is -0.610. The highest BCUT2D eigenvalue weighted by atomic mass is 16.1. The molecule has 0 aliphatic rings. The van der Waals surface area contributed by atoms with Gasteiger partial charge in [-0.25, -0.2) is 0 Å². The van der Waals surface area contributed by atoms with E-state index in [1.165, 1.54) is 0 Å². The van der Waals surface area contributed by atoms with E-state index in [4.69, 9.17) is 11.5 Å². The van der Waals surface area contributed by atoms with Crippen molar-refractivity contribution >= 4 is 5.91 Å². The summed E-state index contributed by atoms with van der Waals surface area (Å²) in [6.07, 6.45) is 1.84. The fourth-order valence-corrected chi connectivity index (χ4v) is 1.04. The second-order valence-corrected chi connectivity index (χ2v) is 2.80. The zero-order chi connectivity index (χ0) is 9.40. The van der Waals surface area contributed by atoms with Gasteiger partial charge < -0.3 is 16.8 Å². The van der Waals surface area contributed by atoms with E-state index in [0.29, 0.717) is 19.6 Å². The Kier molecular flexibility index (Phi) is 6.70. The molecule has 0 aromatic heterocycles. The normalized spacial score (nSPS) is 12.6. The van der Waals surface area contributed by atoms with Crippen LogP contribution in [0.3, 0.4) is 0 Å². The molecule has 0 aromatic rings. The molecule has 72 valence electrons. The van der Waals surface area contributed by atoms with E-state index >= 15 is 0 Å². The molecule has 0 radical (unpaired) electrons. The Balaban J connectivity index is 3.69. The van der Waals surface area contributed by atoms with Crippen LogP contribution in [0.4, 0.5) is 0 Å². The van der Waals surface area contributed by atoms with Gasteiger partial charge in [-0.15, -0.1) is 0 Å². The van der Waals surface area contributed by atoms with Gasteiger partial charge in [0, 0.05) is 19.6 Å². The average molecular weight is 173 g/mol. The Morgan fingerprint density at radius 1 is 1.50 bits per heavy atom. The number of nitrogens with two attached hydrogens (primary N) is 2. The van der Waals surface area contributed by atoms with Crippen molar-refractivity contribution in [3.63, 3.8) is 0 Å². The summed E-state index contributed by atoms with van der Waals surface area (Å²) in [4.78, 5) is 11.3. The van der Waals surface area contributed by atoms with Gasteiger partial charge in [0.25, 0.3) is 0 Å². The largest absolute Gasteiger partial charge is 0.355 e. The number of amides is 1. The average Bonchev–Trinajstić information content (AvgIpc) is 2.10. The number of carbonyl (C=O) groups excluding carboxylic acids is 1. The van der Waals surface area contributed by atoms with Crippen LogP contribution in [0.5, 0.6) is 0 Å².